The van der Waals surface area contributed by atoms with E-state index < -0.39 is 6.10 Å². The molecular weight excluding hydrogens is 351 g/mol. The van der Waals surface area contributed by atoms with Crippen LogP contribution in [-0.2, 0) is 17.8 Å². The van der Waals surface area contributed by atoms with Gasteiger partial charge >= 0.3 is 0 Å². The summed E-state index contributed by atoms with van der Waals surface area (Å²) >= 11 is 2.28. The summed E-state index contributed by atoms with van der Waals surface area (Å²) in [6.45, 7) is 0.605. The minimum atomic E-state index is -0.461. The van der Waals surface area contributed by atoms with Crippen molar-refractivity contribution in [3.63, 3.8) is 0 Å². The molecule has 0 heterocycles. The lowest BCUT2D eigenvalue weighted by Crippen LogP contribution is -2.02. The van der Waals surface area contributed by atoms with Crippen LogP contribution in [0.4, 0.5) is 0 Å². The van der Waals surface area contributed by atoms with E-state index in [1.165, 1.54) is 3.57 Å². The molecule has 0 fully saturated rings. The smallest absolute Gasteiger partial charge is 0.0830 e. The lowest BCUT2D eigenvalue weighted by molar-refractivity contribution is 0.177. The highest BCUT2D eigenvalue weighted by Crippen LogP contribution is 2.19. The standard InChI is InChI=1S/C16H17IO2/c1-19-11-13-2-6-14(7-3-13)16(18)10-12-4-8-15(17)9-5-12/h2-9,16,18H,10-11H2,1H3. The van der Waals surface area contributed by atoms with Gasteiger partial charge in [0.1, 0.15) is 0 Å². The van der Waals surface area contributed by atoms with Crippen molar-refractivity contribution in [2.45, 2.75) is 19.1 Å². The summed E-state index contributed by atoms with van der Waals surface area (Å²) < 4.78 is 6.28. The Labute approximate surface area is 127 Å². The molecule has 0 saturated heterocycles. The molecule has 2 rings (SSSR count). The quantitative estimate of drug-likeness (QED) is 0.816. The molecule has 0 bridgehead atoms. The molecule has 0 radical (unpaired) electrons. The first kappa shape index (κ1) is 14.5. The van der Waals surface area contributed by atoms with Crippen molar-refractivity contribution < 1.29 is 9.84 Å². The van der Waals surface area contributed by atoms with Crippen LogP contribution in [0.3, 0.4) is 0 Å². The Morgan fingerprint density at radius 3 is 2.16 bits per heavy atom. The molecule has 0 aliphatic heterocycles. The molecule has 1 atom stereocenters. The van der Waals surface area contributed by atoms with Gasteiger partial charge in [0.15, 0.2) is 0 Å². The number of rotatable bonds is 5. The van der Waals surface area contributed by atoms with E-state index in [4.69, 9.17) is 4.74 Å². The number of aliphatic hydroxyl groups excluding tert-OH is 1. The van der Waals surface area contributed by atoms with Crippen LogP contribution < -0.4 is 0 Å². The van der Waals surface area contributed by atoms with Crippen LogP contribution in [0, 0.1) is 3.57 Å². The van der Waals surface area contributed by atoms with E-state index in [1.54, 1.807) is 7.11 Å². The number of halogens is 1. The third kappa shape index (κ3) is 4.30. The van der Waals surface area contributed by atoms with Crippen molar-refractivity contribution in [3.05, 3.63) is 68.8 Å². The number of hydrogen-bond donors (Lipinski definition) is 1. The van der Waals surface area contributed by atoms with Gasteiger partial charge < -0.3 is 9.84 Å². The molecule has 2 aromatic rings. The topological polar surface area (TPSA) is 29.5 Å². The molecule has 0 spiro atoms. The Morgan fingerprint density at radius 1 is 1.00 bits per heavy atom. The molecule has 0 saturated carbocycles. The number of hydrogen-bond acceptors (Lipinski definition) is 2. The number of aliphatic hydroxyl groups is 1. The minimum absolute atomic E-state index is 0.461. The maximum Gasteiger partial charge on any atom is 0.0830 e. The van der Waals surface area contributed by atoms with Crippen molar-refractivity contribution in [2.75, 3.05) is 7.11 Å². The molecule has 0 aliphatic rings. The van der Waals surface area contributed by atoms with Gasteiger partial charge in [0.2, 0.25) is 0 Å². The summed E-state index contributed by atoms with van der Waals surface area (Å²) in [5.41, 5.74) is 3.21. The van der Waals surface area contributed by atoms with Crippen LogP contribution in [0.2, 0.25) is 0 Å². The van der Waals surface area contributed by atoms with E-state index in [1.807, 2.05) is 24.3 Å². The zero-order chi connectivity index (χ0) is 13.7. The van der Waals surface area contributed by atoms with Crippen molar-refractivity contribution in [3.8, 4) is 0 Å². The van der Waals surface area contributed by atoms with Gasteiger partial charge in [-0.2, -0.15) is 0 Å². The predicted octanol–water partition coefficient (Wildman–Crippen LogP) is 3.71. The second-order valence-electron chi connectivity index (χ2n) is 4.52. The summed E-state index contributed by atoms with van der Waals surface area (Å²) in [6, 6.07) is 16.2. The SMILES string of the molecule is COCc1ccc(C(O)Cc2ccc(I)cc2)cc1. The van der Waals surface area contributed by atoms with E-state index in [9.17, 15) is 5.11 Å². The summed E-state index contributed by atoms with van der Waals surface area (Å²) in [4.78, 5) is 0. The van der Waals surface area contributed by atoms with Crippen LogP contribution in [0.25, 0.3) is 0 Å². The zero-order valence-electron chi connectivity index (χ0n) is 10.8. The third-order valence-corrected chi connectivity index (χ3v) is 3.74. The second-order valence-corrected chi connectivity index (χ2v) is 5.77. The molecule has 100 valence electrons. The van der Waals surface area contributed by atoms with E-state index in [-0.39, 0.29) is 0 Å². The minimum Gasteiger partial charge on any atom is -0.388 e. The third-order valence-electron chi connectivity index (χ3n) is 3.02. The fraction of sp³-hybridized carbons (Fsp3) is 0.250. The van der Waals surface area contributed by atoms with E-state index in [2.05, 4.69) is 46.9 Å². The Kier molecular flexibility index (Phi) is 5.36. The monoisotopic (exact) mass is 368 g/mol. The average molecular weight is 368 g/mol. The molecule has 3 heteroatoms. The van der Waals surface area contributed by atoms with Crippen molar-refractivity contribution in [1.29, 1.82) is 0 Å². The molecule has 0 aliphatic carbocycles. The van der Waals surface area contributed by atoms with Crippen LogP contribution in [-0.4, -0.2) is 12.2 Å². The number of ether oxygens (including phenoxy) is 1. The van der Waals surface area contributed by atoms with Gasteiger partial charge in [0.25, 0.3) is 0 Å². The number of methoxy groups -OCH3 is 1. The summed E-state index contributed by atoms with van der Waals surface area (Å²) in [5.74, 6) is 0. The highest BCUT2D eigenvalue weighted by Gasteiger charge is 2.08. The van der Waals surface area contributed by atoms with Gasteiger partial charge in [-0.05, 0) is 51.4 Å². The van der Waals surface area contributed by atoms with Crippen LogP contribution in [0.1, 0.15) is 22.8 Å². The lowest BCUT2D eigenvalue weighted by Gasteiger charge is -2.12. The fourth-order valence-electron chi connectivity index (χ4n) is 1.96. The average Bonchev–Trinajstić information content (AvgIpc) is 2.42. The molecule has 19 heavy (non-hydrogen) atoms. The first-order valence-corrected chi connectivity index (χ1v) is 7.27. The fourth-order valence-corrected chi connectivity index (χ4v) is 2.32. The van der Waals surface area contributed by atoms with Crippen molar-refractivity contribution >= 4 is 22.6 Å². The van der Waals surface area contributed by atoms with E-state index in [0.717, 1.165) is 16.7 Å². The summed E-state index contributed by atoms with van der Waals surface area (Å²) in [5, 5.41) is 10.2. The summed E-state index contributed by atoms with van der Waals surface area (Å²) in [6.07, 6.45) is 0.178. The second kappa shape index (κ2) is 7.03. The predicted molar refractivity (Wildman–Crippen MR) is 85.0 cm³/mol. The Bertz CT molecular complexity index is 505. The molecule has 2 aromatic carbocycles. The molecule has 0 aromatic heterocycles. The van der Waals surface area contributed by atoms with Gasteiger partial charge in [0.05, 0.1) is 12.7 Å². The van der Waals surface area contributed by atoms with Gasteiger partial charge in [-0.15, -0.1) is 0 Å². The zero-order valence-corrected chi connectivity index (χ0v) is 13.0. The largest absolute Gasteiger partial charge is 0.388 e. The van der Waals surface area contributed by atoms with E-state index >= 15 is 0 Å². The van der Waals surface area contributed by atoms with Gasteiger partial charge in [-0.1, -0.05) is 36.4 Å². The molecule has 0 amide bonds. The maximum atomic E-state index is 10.2. The van der Waals surface area contributed by atoms with Gasteiger partial charge in [-0.3, -0.25) is 0 Å². The first-order valence-electron chi connectivity index (χ1n) is 6.19. The van der Waals surface area contributed by atoms with Crippen LogP contribution >= 0.6 is 22.6 Å². The maximum absolute atomic E-state index is 10.2. The Hall–Kier alpha value is -0.910. The van der Waals surface area contributed by atoms with E-state index in [0.29, 0.717) is 13.0 Å². The molecule has 1 unspecified atom stereocenters. The molecular formula is C16H17IO2. The highest BCUT2D eigenvalue weighted by molar-refractivity contribution is 14.1. The summed E-state index contributed by atoms with van der Waals surface area (Å²) in [7, 11) is 1.68. The Morgan fingerprint density at radius 2 is 1.58 bits per heavy atom. The Balaban J connectivity index is 2.02. The van der Waals surface area contributed by atoms with Crippen molar-refractivity contribution in [2.24, 2.45) is 0 Å². The molecule has 2 nitrogen and oxygen atoms in total. The van der Waals surface area contributed by atoms with Gasteiger partial charge in [0, 0.05) is 17.1 Å². The van der Waals surface area contributed by atoms with Crippen LogP contribution in [0.15, 0.2) is 48.5 Å². The molecule has 1 N–H and O–H groups in total. The number of benzene rings is 2. The van der Waals surface area contributed by atoms with Crippen LogP contribution in [0.5, 0.6) is 0 Å². The van der Waals surface area contributed by atoms with Gasteiger partial charge in [-0.25, -0.2) is 0 Å². The van der Waals surface area contributed by atoms with Crippen molar-refractivity contribution in [1.82, 2.24) is 0 Å². The first-order chi connectivity index (χ1) is 9.19. The highest BCUT2D eigenvalue weighted by atomic mass is 127. The normalized spacial score (nSPS) is 12.4. The lowest BCUT2D eigenvalue weighted by atomic mass is 10.0.